The average molecular weight is 278 g/mol. The molecule has 1 saturated carbocycles. The molecule has 0 radical (unpaired) electrons. The highest BCUT2D eigenvalue weighted by Crippen LogP contribution is 2.40. The van der Waals surface area contributed by atoms with E-state index in [9.17, 15) is 4.79 Å². The van der Waals surface area contributed by atoms with Crippen LogP contribution in [0.3, 0.4) is 0 Å². The summed E-state index contributed by atoms with van der Waals surface area (Å²) in [5.74, 6) is 0.769. The van der Waals surface area contributed by atoms with Crippen LogP contribution in [-0.2, 0) is 0 Å². The molecule has 1 aliphatic heterocycles. The monoisotopic (exact) mass is 278 g/mol. The molecule has 0 atom stereocenters. The van der Waals surface area contributed by atoms with Gasteiger partial charge in [0.25, 0.3) is 0 Å². The first kappa shape index (κ1) is 12.7. The number of amides is 2. The molecule has 1 aromatic rings. The highest BCUT2D eigenvalue weighted by atomic mass is 32.2. The van der Waals surface area contributed by atoms with Crippen molar-refractivity contribution in [2.45, 2.75) is 43.0 Å². The number of rotatable bonds is 2. The van der Waals surface area contributed by atoms with Crippen LogP contribution in [0.15, 0.2) is 23.1 Å². The van der Waals surface area contributed by atoms with Gasteiger partial charge in [-0.2, -0.15) is 0 Å². The van der Waals surface area contributed by atoms with E-state index in [-0.39, 0.29) is 6.03 Å². The fraction of sp³-hybridized carbons (Fsp3) is 0.500. The minimum atomic E-state index is -0.00217. The smallest absolute Gasteiger partial charge is 0.332 e. The highest BCUT2D eigenvalue weighted by molar-refractivity contribution is 7.97. The number of hydrogen-bond donors (Lipinski definition) is 1. The quantitative estimate of drug-likeness (QED) is 0.835. The topological polar surface area (TPSA) is 41.6 Å². The van der Waals surface area contributed by atoms with Crippen LogP contribution in [0, 0.1) is 0 Å². The third kappa shape index (κ3) is 2.52. The number of nitrogens with one attached hydrogen (secondary N) is 1. The van der Waals surface area contributed by atoms with E-state index in [1.807, 2.05) is 22.5 Å². The van der Waals surface area contributed by atoms with Gasteiger partial charge in [-0.15, -0.1) is 0 Å². The zero-order chi connectivity index (χ0) is 13.2. The summed E-state index contributed by atoms with van der Waals surface area (Å²) in [6.07, 6.45) is 5.98. The molecule has 1 aromatic carbocycles. The minimum Gasteiger partial charge on any atom is -0.497 e. The molecule has 1 aliphatic carbocycles. The molecule has 2 aliphatic rings. The van der Waals surface area contributed by atoms with Gasteiger partial charge in [0.05, 0.1) is 17.7 Å². The van der Waals surface area contributed by atoms with E-state index in [1.165, 1.54) is 19.3 Å². The summed E-state index contributed by atoms with van der Waals surface area (Å²) in [7, 11) is 1.63. The predicted octanol–water partition coefficient (Wildman–Crippen LogP) is 3.88. The van der Waals surface area contributed by atoms with Gasteiger partial charge in [-0.25, -0.2) is 4.79 Å². The molecule has 102 valence electrons. The number of anilines is 1. The second kappa shape index (κ2) is 5.33. The lowest BCUT2D eigenvalue weighted by Crippen LogP contribution is -2.41. The molecule has 1 heterocycles. The maximum Gasteiger partial charge on any atom is 0.332 e. The number of carbonyl (C=O) groups excluding carboxylic acids is 1. The van der Waals surface area contributed by atoms with Gasteiger partial charge < -0.3 is 10.1 Å². The summed E-state index contributed by atoms with van der Waals surface area (Å²) < 4.78 is 7.10. The van der Waals surface area contributed by atoms with Crippen molar-refractivity contribution in [2.75, 3.05) is 12.4 Å². The van der Waals surface area contributed by atoms with Gasteiger partial charge in [0.2, 0.25) is 0 Å². The summed E-state index contributed by atoms with van der Waals surface area (Å²) in [5.41, 5.74) is 0.849. The third-order valence-electron chi connectivity index (χ3n) is 3.73. The van der Waals surface area contributed by atoms with Gasteiger partial charge in [-0.3, -0.25) is 4.31 Å². The number of urea groups is 1. The van der Waals surface area contributed by atoms with Crippen molar-refractivity contribution in [1.82, 2.24) is 4.31 Å². The van der Waals surface area contributed by atoms with Crippen LogP contribution < -0.4 is 10.1 Å². The van der Waals surface area contributed by atoms with Crippen LogP contribution in [0.2, 0.25) is 0 Å². The SMILES string of the molecule is COc1ccc2c(c1)NC(=O)N(C1CCCCC1)S2. The molecule has 0 saturated heterocycles. The van der Waals surface area contributed by atoms with Crippen molar-refractivity contribution in [1.29, 1.82) is 0 Å². The lowest BCUT2D eigenvalue weighted by molar-refractivity contribution is 0.217. The van der Waals surface area contributed by atoms with Crippen LogP contribution in [0.4, 0.5) is 10.5 Å². The largest absolute Gasteiger partial charge is 0.497 e. The summed E-state index contributed by atoms with van der Waals surface area (Å²) in [6.45, 7) is 0. The zero-order valence-corrected chi connectivity index (χ0v) is 11.8. The number of benzene rings is 1. The van der Waals surface area contributed by atoms with Crippen molar-refractivity contribution in [3.05, 3.63) is 18.2 Å². The zero-order valence-electron chi connectivity index (χ0n) is 11.0. The Balaban J connectivity index is 1.81. The van der Waals surface area contributed by atoms with E-state index in [0.717, 1.165) is 29.2 Å². The molecule has 0 aromatic heterocycles. The number of ether oxygens (including phenoxy) is 1. The van der Waals surface area contributed by atoms with Gasteiger partial charge in [-0.1, -0.05) is 19.3 Å². The Morgan fingerprint density at radius 2 is 2.11 bits per heavy atom. The second-order valence-corrected chi connectivity index (χ2v) is 6.02. The first-order valence-electron chi connectivity index (χ1n) is 6.74. The molecule has 3 rings (SSSR count). The number of methoxy groups -OCH3 is 1. The molecule has 4 nitrogen and oxygen atoms in total. The molecule has 19 heavy (non-hydrogen) atoms. The Labute approximate surface area is 117 Å². The Kier molecular flexibility index (Phi) is 3.55. The van der Waals surface area contributed by atoms with Gasteiger partial charge >= 0.3 is 6.03 Å². The molecule has 5 heteroatoms. The molecule has 0 spiro atoms. The van der Waals surface area contributed by atoms with Crippen LogP contribution in [0.1, 0.15) is 32.1 Å². The Morgan fingerprint density at radius 1 is 1.32 bits per heavy atom. The molecule has 1 N–H and O–H groups in total. The summed E-state index contributed by atoms with van der Waals surface area (Å²) >= 11 is 1.56. The molecule has 2 amide bonds. The lowest BCUT2D eigenvalue weighted by Gasteiger charge is -2.36. The number of carbonyl (C=O) groups is 1. The van der Waals surface area contributed by atoms with E-state index in [1.54, 1.807) is 19.1 Å². The number of fused-ring (bicyclic) bond motifs is 1. The number of hydrogen-bond acceptors (Lipinski definition) is 3. The van der Waals surface area contributed by atoms with Crippen molar-refractivity contribution in [3.63, 3.8) is 0 Å². The van der Waals surface area contributed by atoms with Gasteiger partial charge in [0, 0.05) is 12.1 Å². The average Bonchev–Trinajstić information content (AvgIpc) is 2.47. The fourth-order valence-corrected chi connectivity index (χ4v) is 3.72. The van der Waals surface area contributed by atoms with Gasteiger partial charge in [0.1, 0.15) is 5.75 Å². The summed E-state index contributed by atoms with van der Waals surface area (Å²) in [5, 5.41) is 2.97. The highest BCUT2D eigenvalue weighted by Gasteiger charge is 2.31. The van der Waals surface area contributed by atoms with E-state index < -0.39 is 0 Å². The molecular weight excluding hydrogens is 260 g/mol. The van der Waals surface area contributed by atoms with Crippen LogP contribution in [0.25, 0.3) is 0 Å². The standard InChI is InChI=1S/C14H18N2O2S/c1-18-11-7-8-13-12(9-11)15-14(17)16(19-13)10-5-3-2-4-6-10/h7-10H,2-6H2,1H3,(H,15,17). The van der Waals surface area contributed by atoms with Crippen molar-refractivity contribution in [2.24, 2.45) is 0 Å². The summed E-state index contributed by atoms with van der Waals surface area (Å²) in [4.78, 5) is 13.3. The maximum atomic E-state index is 12.2. The Morgan fingerprint density at radius 3 is 2.84 bits per heavy atom. The van der Waals surface area contributed by atoms with E-state index >= 15 is 0 Å². The minimum absolute atomic E-state index is 0.00217. The van der Waals surface area contributed by atoms with Gasteiger partial charge in [-0.05, 0) is 36.9 Å². The first-order chi connectivity index (χ1) is 9.28. The number of nitrogens with zero attached hydrogens (tertiary/aromatic N) is 1. The van der Waals surface area contributed by atoms with Crippen LogP contribution >= 0.6 is 11.9 Å². The molecule has 0 unspecified atom stereocenters. The molecular formula is C14H18N2O2S. The molecule has 1 fully saturated rings. The van der Waals surface area contributed by atoms with E-state index in [2.05, 4.69) is 5.32 Å². The predicted molar refractivity (Wildman–Crippen MR) is 76.6 cm³/mol. The first-order valence-corrected chi connectivity index (χ1v) is 7.51. The van der Waals surface area contributed by atoms with E-state index in [0.29, 0.717) is 6.04 Å². The Hall–Kier alpha value is -1.36. The fourth-order valence-electron chi connectivity index (χ4n) is 2.69. The third-order valence-corrected chi connectivity index (χ3v) is 4.94. The van der Waals surface area contributed by atoms with Crippen molar-refractivity contribution >= 4 is 23.7 Å². The Bertz CT molecular complexity index is 486. The van der Waals surface area contributed by atoms with Crippen molar-refractivity contribution < 1.29 is 9.53 Å². The lowest BCUT2D eigenvalue weighted by atomic mass is 9.96. The van der Waals surface area contributed by atoms with Crippen LogP contribution in [-0.4, -0.2) is 23.5 Å². The van der Waals surface area contributed by atoms with Crippen molar-refractivity contribution in [3.8, 4) is 5.75 Å². The van der Waals surface area contributed by atoms with E-state index in [4.69, 9.17) is 4.74 Å². The summed E-state index contributed by atoms with van der Waals surface area (Å²) in [6, 6.07) is 6.18. The van der Waals surface area contributed by atoms with Gasteiger partial charge in [0.15, 0.2) is 0 Å². The molecule has 0 bridgehead atoms. The normalized spacial score (nSPS) is 19.8. The second-order valence-electron chi connectivity index (χ2n) is 5.00. The van der Waals surface area contributed by atoms with Crippen LogP contribution in [0.5, 0.6) is 5.75 Å². The maximum absolute atomic E-state index is 12.2.